The molecule has 0 fully saturated rings. The fourth-order valence-electron chi connectivity index (χ4n) is 3.36. The van der Waals surface area contributed by atoms with Gasteiger partial charge < -0.3 is 9.97 Å². The lowest BCUT2D eigenvalue weighted by atomic mass is 10.0. The van der Waals surface area contributed by atoms with Gasteiger partial charge in [-0.3, -0.25) is 19.6 Å². The van der Waals surface area contributed by atoms with Crippen molar-refractivity contribution in [1.82, 2.24) is 19.9 Å². The van der Waals surface area contributed by atoms with Gasteiger partial charge in [-0.15, -0.1) is 0 Å². The molecule has 154 valence electrons. The third kappa shape index (κ3) is 6.51. The summed E-state index contributed by atoms with van der Waals surface area (Å²) in [5, 5.41) is 0. The molecule has 0 aliphatic rings. The van der Waals surface area contributed by atoms with E-state index in [0.717, 1.165) is 75.6 Å². The second kappa shape index (κ2) is 10.6. The normalized spacial score (nSPS) is 11.1. The summed E-state index contributed by atoms with van der Waals surface area (Å²) >= 11 is 0. The molecular weight excluding hydrogens is 360 g/mol. The molecule has 0 saturated carbocycles. The van der Waals surface area contributed by atoms with Crippen LogP contribution < -0.4 is 22.5 Å². The minimum absolute atomic E-state index is 0.307. The first kappa shape index (κ1) is 21.7. The molecule has 8 heteroatoms. The molecule has 0 saturated heterocycles. The highest BCUT2D eigenvalue weighted by Gasteiger charge is 2.05. The standard InChI is InChI=1S/C20H30N4O4/c1-13-15(21-19(27)23-17(13)25)11-9-7-5-3-4-6-8-10-12-16-14(2)18(26)24-20(28)22-16/h3-12H2,1-2H3,(H2,21,23,25,27)(H2,22,24,26,28). The van der Waals surface area contributed by atoms with Crippen LogP contribution >= 0.6 is 0 Å². The molecule has 2 heterocycles. The summed E-state index contributed by atoms with van der Waals surface area (Å²) in [7, 11) is 0. The number of hydrogen-bond acceptors (Lipinski definition) is 4. The van der Waals surface area contributed by atoms with Crippen LogP contribution in [0.3, 0.4) is 0 Å². The maximum atomic E-state index is 11.6. The fraction of sp³-hybridized carbons (Fsp3) is 0.600. The zero-order valence-corrected chi connectivity index (χ0v) is 16.7. The van der Waals surface area contributed by atoms with E-state index in [1.54, 1.807) is 13.8 Å². The first-order valence-electron chi connectivity index (χ1n) is 10.0. The molecule has 4 N–H and O–H groups in total. The van der Waals surface area contributed by atoms with Gasteiger partial charge in [0.2, 0.25) is 0 Å². The van der Waals surface area contributed by atoms with Crippen molar-refractivity contribution in [2.45, 2.75) is 78.1 Å². The minimum atomic E-state index is -0.440. The lowest BCUT2D eigenvalue weighted by Crippen LogP contribution is -2.26. The quantitative estimate of drug-likeness (QED) is 0.437. The maximum absolute atomic E-state index is 11.6. The molecule has 0 bridgehead atoms. The van der Waals surface area contributed by atoms with Gasteiger partial charge in [-0.2, -0.15) is 0 Å². The molecule has 2 rings (SSSR count). The largest absolute Gasteiger partial charge is 0.325 e. The molecule has 0 spiro atoms. The highest BCUT2D eigenvalue weighted by atomic mass is 16.2. The monoisotopic (exact) mass is 390 g/mol. The van der Waals surface area contributed by atoms with Crippen LogP contribution in [0.1, 0.15) is 73.9 Å². The summed E-state index contributed by atoms with van der Waals surface area (Å²) < 4.78 is 0. The molecule has 2 aromatic heterocycles. The molecule has 0 aliphatic carbocycles. The van der Waals surface area contributed by atoms with Gasteiger partial charge in [0, 0.05) is 22.5 Å². The van der Waals surface area contributed by atoms with Crippen molar-refractivity contribution in [3.05, 3.63) is 64.2 Å². The van der Waals surface area contributed by atoms with Gasteiger partial charge in [0.05, 0.1) is 0 Å². The zero-order valence-electron chi connectivity index (χ0n) is 16.7. The van der Waals surface area contributed by atoms with E-state index in [9.17, 15) is 19.2 Å². The third-order valence-corrected chi connectivity index (χ3v) is 5.17. The number of unbranched alkanes of at least 4 members (excludes halogenated alkanes) is 7. The highest BCUT2D eigenvalue weighted by molar-refractivity contribution is 5.14. The van der Waals surface area contributed by atoms with Crippen molar-refractivity contribution in [3.8, 4) is 0 Å². The fourth-order valence-corrected chi connectivity index (χ4v) is 3.36. The SMILES string of the molecule is Cc1c(CCCCCCCCCCc2[nH]c(=O)[nH]c(=O)c2C)[nH]c(=O)[nH]c1=O. The maximum Gasteiger partial charge on any atom is 0.325 e. The summed E-state index contributed by atoms with van der Waals surface area (Å²) in [6.07, 6.45) is 10.1. The van der Waals surface area contributed by atoms with Gasteiger partial charge in [-0.05, 0) is 39.5 Å². The Morgan fingerprint density at radius 2 is 0.821 bits per heavy atom. The van der Waals surface area contributed by atoms with Crippen molar-refractivity contribution in [2.75, 3.05) is 0 Å². The van der Waals surface area contributed by atoms with E-state index in [0.29, 0.717) is 11.1 Å². The zero-order chi connectivity index (χ0) is 20.5. The molecule has 28 heavy (non-hydrogen) atoms. The Morgan fingerprint density at radius 3 is 1.18 bits per heavy atom. The molecule has 2 aromatic rings. The number of rotatable bonds is 11. The number of aromatic nitrogens is 4. The van der Waals surface area contributed by atoms with Gasteiger partial charge >= 0.3 is 11.4 Å². The molecule has 0 atom stereocenters. The molecule has 0 unspecified atom stereocenters. The first-order valence-corrected chi connectivity index (χ1v) is 10.0. The van der Waals surface area contributed by atoms with E-state index in [-0.39, 0.29) is 11.1 Å². The predicted octanol–water partition coefficient (Wildman–Crippen LogP) is 1.96. The van der Waals surface area contributed by atoms with E-state index < -0.39 is 11.4 Å². The molecule has 0 aromatic carbocycles. The third-order valence-electron chi connectivity index (χ3n) is 5.17. The Labute approximate surface area is 162 Å². The van der Waals surface area contributed by atoms with Crippen molar-refractivity contribution >= 4 is 0 Å². The number of nitrogens with one attached hydrogen (secondary N) is 4. The summed E-state index contributed by atoms with van der Waals surface area (Å²) in [5.74, 6) is 0. The van der Waals surface area contributed by atoms with E-state index in [1.807, 2.05) is 0 Å². The van der Waals surface area contributed by atoms with Crippen LogP contribution in [0.2, 0.25) is 0 Å². The summed E-state index contributed by atoms with van der Waals surface area (Å²) in [4.78, 5) is 55.6. The van der Waals surface area contributed by atoms with E-state index in [1.165, 1.54) is 0 Å². The van der Waals surface area contributed by atoms with E-state index >= 15 is 0 Å². The van der Waals surface area contributed by atoms with Gasteiger partial charge in [-0.1, -0.05) is 38.5 Å². The molecule has 0 amide bonds. The molecule has 8 nitrogen and oxygen atoms in total. The first-order chi connectivity index (χ1) is 13.4. The summed E-state index contributed by atoms with van der Waals surface area (Å²) in [6, 6.07) is 0. The lowest BCUT2D eigenvalue weighted by molar-refractivity contribution is 0.563. The van der Waals surface area contributed by atoms with Crippen LogP contribution in [0.5, 0.6) is 0 Å². The van der Waals surface area contributed by atoms with Gasteiger partial charge in [-0.25, -0.2) is 9.59 Å². The van der Waals surface area contributed by atoms with Crippen molar-refractivity contribution in [3.63, 3.8) is 0 Å². The summed E-state index contributed by atoms with van der Waals surface area (Å²) in [6.45, 7) is 3.46. The minimum Gasteiger partial charge on any atom is -0.311 e. The van der Waals surface area contributed by atoms with Gasteiger partial charge in [0.15, 0.2) is 0 Å². The van der Waals surface area contributed by atoms with Crippen LogP contribution in [-0.4, -0.2) is 19.9 Å². The van der Waals surface area contributed by atoms with Crippen LogP contribution in [0.15, 0.2) is 19.2 Å². The number of H-pyrrole nitrogens is 4. The Hall–Kier alpha value is -2.64. The Kier molecular flexibility index (Phi) is 8.22. The summed E-state index contributed by atoms with van der Waals surface area (Å²) in [5.41, 5.74) is 1.17. The smallest absolute Gasteiger partial charge is 0.311 e. The van der Waals surface area contributed by atoms with E-state index in [4.69, 9.17) is 0 Å². The van der Waals surface area contributed by atoms with Crippen LogP contribution in [0.4, 0.5) is 0 Å². The Morgan fingerprint density at radius 1 is 0.500 bits per heavy atom. The van der Waals surface area contributed by atoms with Crippen LogP contribution in [0.25, 0.3) is 0 Å². The topological polar surface area (TPSA) is 131 Å². The second-order valence-corrected chi connectivity index (χ2v) is 7.35. The van der Waals surface area contributed by atoms with Crippen molar-refractivity contribution in [2.24, 2.45) is 0 Å². The number of aromatic amines is 4. The van der Waals surface area contributed by atoms with Gasteiger partial charge in [0.25, 0.3) is 11.1 Å². The second-order valence-electron chi connectivity index (χ2n) is 7.35. The molecule has 0 aliphatic heterocycles. The van der Waals surface area contributed by atoms with Crippen molar-refractivity contribution < 1.29 is 0 Å². The highest BCUT2D eigenvalue weighted by Crippen LogP contribution is 2.12. The average Bonchev–Trinajstić information content (AvgIpc) is 2.64. The number of aryl methyl sites for hydroxylation is 2. The predicted molar refractivity (Wildman–Crippen MR) is 109 cm³/mol. The van der Waals surface area contributed by atoms with E-state index in [2.05, 4.69) is 19.9 Å². The average molecular weight is 390 g/mol. The molecular formula is C20H30N4O4. The molecule has 0 radical (unpaired) electrons. The Balaban J connectivity index is 1.56. The van der Waals surface area contributed by atoms with Crippen molar-refractivity contribution in [1.29, 1.82) is 0 Å². The Bertz CT molecular complexity index is 915. The van der Waals surface area contributed by atoms with Crippen LogP contribution in [0, 0.1) is 13.8 Å². The van der Waals surface area contributed by atoms with Crippen LogP contribution in [-0.2, 0) is 12.8 Å². The van der Waals surface area contributed by atoms with Gasteiger partial charge in [0.1, 0.15) is 0 Å². The number of hydrogen-bond donors (Lipinski definition) is 4. The lowest BCUT2D eigenvalue weighted by Gasteiger charge is -2.06.